The molecule has 1 saturated heterocycles. The van der Waals surface area contributed by atoms with E-state index in [1.54, 1.807) is 12.1 Å². The monoisotopic (exact) mass is 432 g/mol. The molecule has 0 saturated carbocycles. The summed E-state index contributed by atoms with van der Waals surface area (Å²) in [7, 11) is -3.50. The van der Waals surface area contributed by atoms with Crippen molar-refractivity contribution in [1.82, 2.24) is 9.62 Å². The van der Waals surface area contributed by atoms with E-state index < -0.39 is 10.0 Å². The van der Waals surface area contributed by atoms with Gasteiger partial charge in [0.1, 0.15) is 0 Å². The van der Waals surface area contributed by atoms with Crippen molar-refractivity contribution in [3.63, 3.8) is 0 Å². The molecule has 0 bridgehead atoms. The number of halogens is 1. The van der Waals surface area contributed by atoms with Crippen LogP contribution in [-0.4, -0.2) is 31.7 Å². The molecule has 5 nitrogen and oxygen atoms in total. The first kappa shape index (κ1) is 21.6. The van der Waals surface area contributed by atoms with E-state index in [1.165, 1.54) is 9.71 Å². The van der Waals surface area contributed by atoms with Gasteiger partial charge in [0.05, 0.1) is 6.04 Å². The van der Waals surface area contributed by atoms with Gasteiger partial charge in [-0.15, -0.1) is 0 Å². The topological polar surface area (TPSA) is 66.5 Å². The SMILES string of the molecule is CC(NC(=O)C1CCN(S(=O)(=O)C=Cc2ccccc2)CC1)c1cccc(Cl)c1. The number of carbonyl (C=O) groups excluding carboxylic acids is 1. The number of piperidine rings is 1. The van der Waals surface area contributed by atoms with Crippen molar-refractivity contribution >= 4 is 33.6 Å². The Morgan fingerprint density at radius 1 is 1.14 bits per heavy atom. The molecule has 154 valence electrons. The zero-order valence-corrected chi connectivity index (χ0v) is 17.9. The van der Waals surface area contributed by atoms with Gasteiger partial charge in [0.2, 0.25) is 15.9 Å². The predicted octanol–water partition coefficient (Wildman–Crippen LogP) is 4.23. The van der Waals surface area contributed by atoms with Crippen LogP contribution in [0, 0.1) is 5.92 Å². The standard InChI is InChI=1S/C22H25ClN2O3S/c1-17(20-8-5-9-21(23)16-20)24-22(26)19-10-13-25(14-11-19)29(27,28)15-12-18-6-3-2-4-7-18/h2-9,12,15-17,19H,10-11,13-14H2,1H3,(H,24,26). The minimum absolute atomic E-state index is 0.0469. The van der Waals surface area contributed by atoms with Crippen LogP contribution in [-0.2, 0) is 14.8 Å². The predicted molar refractivity (Wildman–Crippen MR) is 117 cm³/mol. The van der Waals surface area contributed by atoms with Crippen LogP contribution in [0.5, 0.6) is 0 Å². The first-order chi connectivity index (χ1) is 13.8. The number of nitrogens with zero attached hydrogens (tertiary/aromatic N) is 1. The fourth-order valence-electron chi connectivity index (χ4n) is 3.38. The van der Waals surface area contributed by atoms with E-state index in [0.717, 1.165) is 11.1 Å². The molecule has 1 unspecified atom stereocenters. The zero-order valence-electron chi connectivity index (χ0n) is 16.3. The van der Waals surface area contributed by atoms with Crippen molar-refractivity contribution in [3.05, 3.63) is 76.2 Å². The molecule has 1 aliphatic rings. The third-order valence-electron chi connectivity index (χ3n) is 5.12. The summed E-state index contributed by atoms with van der Waals surface area (Å²) in [6.07, 6.45) is 2.61. The van der Waals surface area contributed by atoms with Crippen molar-refractivity contribution in [3.8, 4) is 0 Å². The summed E-state index contributed by atoms with van der Waals surface area (Å²) in [5.41, 5.74) is 1.78. The van der Waals surface area contributed by atoms with Gasteiger partial charge in [0.15, 0.2) is 0 Å². The molecule has 1 atom stereocenters. The molecule has 29 heavy (non-hydrogen) atoms. The van der Waals surface area contributed by atoms with E-state index in [9.17, 15) is 13.2 Å². The van der Waals surface area contributed by atoms with Crippen LogP contribution in [0.2, 0.25) is 5.02 Å². The number of rotatable bonds is 6. The smallest absolute Gasteiger partial charge is 0.236 e. The molecule has 1 fully saturated rings. The van der Waals surface area contributed by atoms with E-state index in [1.807, 2.05) is 55.5 Å². The summed E-state index contributed by atoms with van der Waals surface area (Å²) < 4.78 is 26.6. The average molecular weight is 433 g/mol. The Kier molecular flexibility index (Phi) is 7.11. The van der Waals surface area contributed by atoms with E-state index in [-0.39, 0.29) is 17.9 Å². The Morgan fingerprint density at radius 2 is 1.83 bits per heavy atom. The van der Waals surface area contributed by atoms with Gasteiger partial charge < -0.3 is 5.32 Å². The summed E-state index contributed by atoms with van der Waals surface area (Å²) in [5.74, 6) is -0.240. The maximum atomic E-state index is 12.6. The lowest BCUT2D eigenvalue weighted by Gasteiger charge is -2.30. The van der Waals surface area contributed by atoms with Gasteiger partial charge in [-0.2, -0.15) is 4.31 Å². The molecule has 2 aromatic rings. The van der Waals surface area contributed by atoms with Crippen molar-refractivity contribution in [2.24, 2.45) is 5.92 Å². The number of nitrogens with one attached hydrogen (secondary N) is 1. The molecule has 3 rings (SSSR count). The van der Waals surface area contributed by atoms with Crippen LogP contribution in [0.25, 0.3) is 6.08 Å². The fraction of sp³-hybridized carbons (Fsp3) is 0.318. The first-order valence-corrected chi connectivity index (χ1v) is 11.5. The Balaban J connectivity index is 1.54. The molecule has 1 heterocycles. The highest BCUT2D eigenvalue weighted by Gasteiger charge is 2.30. The quantitative estimate of drug-likeness (QED) is 0.742. The second kappa shape index (κ2) is 9.57. The van der Waals surface area contributed by atoms with Crippen molar-refractivity contribution in [2.45, 2.75) is 25.8 Å². The summed E-state index contributed by atoms with van der Waals surface area (Å²) in [6.45, 7) is 2.59. The molecular formula is C22H25ClN2O3S. The first-order valence-electron chi connectivity index (χ1n) is 9.64. The van der Waals surface area contributed by atoms with Crippen LogP contribution in [0.4, 0.5) is 0 Å². The van der Waals surface area contributed by atoms with E-state index in [4.69, 9.17) is 11.6 Å². The largest absolute Gasteiger partial charge is 0.349 e. The molecule has 1 aliphatic heterocycles. The Labute approximate surface area is 177 Å². The van der Waals surface area contributed by atoms with Crippen LogP contribution in [0.3, 0.4) is 0 Å². The number of amides is 1. The highest BCUT2D eigenvalue weighted by molar-refractivity contribution is 7.92. The number of hydrogen-bond donors (Lipinski definition) is 1. The normalized spacial score (nSPS) is 17.3. The lowest BCUT2D eigenvalue weighted by molar-refractivity contribution is -0.126. The fourth-order valence-corrected chi connectivity index (χ4v) is 4.80. The molecule has 1 amide bonds. The maximum Gasteiger partial charge on any atom is 0.236 e. The Hall–Kier alpha value is -2.15. The van der Waals surface area contributed by atoms with Crippen LogP contribution >= 0.6 is 11.6 Å². The van der Waals surface area contributed by atoms with Gasteiger partial charge in [0.25, 0.3) is 0 Å². The highest BCUT2D eigenvalue weighted by Crippen LogP contribution is 2.23. The number of benzene rings is 2. The zero-order chi connectivity index (χ0) is 20.9. The van der Waals surface area contributed by atoms with Gasteiger partial charge in [-0.1, -0.05) is 54.1 Å². The molecule has 0 radical (unpaired) electrons. The molecule has 0 aromatic heterocycles. The minimum Gasteiger partial charge on any atom is -0.349 e. The second-order valence-electron chi connectivity index (χ2n) is 7.22. The van der Waals surface area contributed by atoms with Crippen molar-refractivity contribution in [1.29, 1.82) is 0 Å². The molecule has 7 heteroatoms. The maximum absolute atomic E-state index is 12.6. The molecule has 1 N–H and O–H groups in total. The van der Waals surface area contributed by atoms with Crippen LogP contribution in [0.1, 0.15) is 36.9 Å². The van der Waals surface area contributed by atoms with Gasteiger partial charge >= 0.3 is 0 Å². The molecule has 0 aliphatic carbocycles. The molecule has 2 aromatic carbocycles. The highest BCUT2D eigenvalue weighted by atomic mass is 35.5. The second-order valence-corrected chi connectivity index (χ2v) is 9.47. The summed E-state index contributed by atoms with van der Waals surface area (Å²) in [5, 5.41) is 4.88. The van der Waals surface area contributed by atoms with E-state index >= 15 is 0 Å². The third-order valence-corrected chi connectivity index (χ3v) is 6.92. The lowest BCUT2D eigenvalue weighted by atomic mass is 9.96. The van der Waals surface area contributed by atoms with Crippen molar-refractivity contribution in [2.75, 3.05) is 13.1 Å². The van der Waals surface area contributed by atoms with Gasteiger partial charge in [0, 0.05) is 29.4 Å². The Morgan fingerprint density at radius 3 is 2.48 bits per heavy atom. The van der Waals surface area contributed by atoms with Crippen LogP contribution < -0.4 is 5.32 Å². The lowest BCUT2D eigenvalue weighted by Crippen LogP contribution is -2.42. The molecular weight excluding hydrogens is 408 g/mol. The van der Waals surface area contributed by atoms with E-state index in [0.29, 0.717) is 31.0 Å². The number of hydrogen-bond acceptors (Lipinski definition) is 3. The number of carbonyl (C=O) groups is 1. The van der Waals surface area contributed by atoms with Gasteiger partial charge in [-0.3, -0.25) is 4.79 Å². The summed E-state index contributed by atoms with van der Waals surface area (Å²) in [6, 6.07) is 16.6. The van der Waals surface area contributed by atoms with Crippen molar-refractivity contribution < 1.29 is 13.2 Å². The molecule has 0 spiro atoms. The van der Waals surface area contributed by atoms with Gasteiger partial charge in [-0.25, -0.2) is 8.42 Å². The average Bonchev–Trinajstić information content (AvgIpc) is 2.73. The third kappa shape index (κ3) is 5.92. The number of sulfonamides is 1. The summed E-state index contributed by atoms with van der Waals surface area (Å²) >= 11 is 6.02. The van der Waals surface area contributed by atoms with Crippen LogP contribution in [0.15, 0.2) is 60.0 Å². The van der Waals surface area contributed by atoms with E-state index in [2.05, 4.69) is 5.32 Å². The summed E-state index contributed by atoms with van der Waals surface area (Å²) in [4.78, 5) is 12.6. The minimum atomic E-state index is -3.50. The Bertz CT molecular complexity index is 969. The van der Waals surface area contributed by atoms with Gasteiger partial charge in [-0.05, 0) is 49.1 Å².